The number of ether oxygens (including phenoxy) is 2. The van der Waals surface area contributed by atoms with E-state index in [4.69, 9.17) is 24.8 Å². The molecule has 0 amide bonds. The summed E-state index contributed by atoms with van der Waals surface area (Å²) in [7, 11) is 0. The molecule has 11 heteroatoms. The van der Waals surface area contributed by atoms with Crippen LogP contribution in [0, 0.1) is 0 Å². The molecule has 8 N–H and O–H groups in total. The zero-order chi connectivity index (χ0) is 17.7. The van der Waals surface area contributed by atoms with Gasteiger partial charge in [0.05, 0.1) is 13.2 Å². The van der Waals surface area contributed by atoms with E-state index in [1.807, 2.05) is 0 Å². The van der Waals surface area contributed by atoms with E-state index in [0.717, 1.165) is 0 Å². The Morgan fingerprint density at radius 3 is 2.13 bits per heavy atom. The third-order valence-electron chi connectivity index (χ3n) is 3.49. The number of carbonyl (C=O) groups is 1. The van der Waals surface area contributed by atoms with Gasteiger partial charge in [0.25, 0.3) is 0 Å². The van der Waals surface area contributed by atoms with E-state index in [1.165, 1.54) is 0 Å². The van der Waals surface area contributed by atoms with Gasteiger partial charge in [-0.3, -0.25) is 4.79 Å². The lowest BCUT2D eigenvalue weighted by Crippen LogP contribution is -2.61. The van der Waals surface area contributed by atoms with Crippen molar-refractivity contribution in [2.75, 3.05) is 19.8 Å². The minimum Gasteiger partial charge on any atom is -0.394 e. The predicted octanol–water partition coefficient (Wildman–Crippen LogP) is -5.55. The van der Waals surface area contributed by atoms with Crippen LogP contribution in [-0.2, 0) is 14.3 Å². The summed E-state index contributed by atoms with van der Waals surface area (Å²) in [4.78, 5) is 11.6. The molecule has 23 heavy (non-hydrogen) atoms. The molecular formula is C12H22O11. The highest BCUT2D eigenvalue weighted by Gasteiger charge is 2.46. The molecule has 1 heterocycles. The fourth-order valence-electron chi connectivity index (χ4n) is 2.07. The van der Waals surface area contributed by atoms with E-state index >= 15 is 0 Å². The van der Waals surface area contributed by atoms with E-state index in [9.17, 15) is 30.3 Å². The van der Waals surface area contributed by atoms with Crippen LogP contribution in [0.25, 0.3) is 0 Å². The van der Waals surface area contributed by atoms with Gasteiger partial charge in [-0.15, -0.1) is 0 Å². The second-order valence-corrected chi connectivity index (χ2v) is 5.12. The van der Waals surface area contributed by atoms with E-state index in [-0.39, 0.29) is 0 Å². The fourth-order valence-corrected chi connectivity index (χ4v) is 2.07. The Morgan fingerprint density at radius 1 is 1.04 bits per heavy atom. The lowest BCUT2D eigenvalue weighted by molar-refractivity contribution is -0.315. The number of aliphatic hydroxyl groups excluding tert-OH is 8. The number of rotatable bonds is 8. The van der Waals surface area contributed by atoms with Crippen LogP contribution in [0.1, 0.15) is 0 Å². The van der Waals surface area contributed by atoms with Crippen LogP contribution in [0.5, 0.6) is 0 Å². The van der Waals surface area contributed by atoms with Crippen molar-refractivity contribution in [3.8, 4) is 0 Å². The Kier molecular flexibility index (Phi) is 7.89. The SMILES string of the molecule is O=C(CO)[C@@H](OC1O[C@H](CO)[C@H](O)[C@H](O)[C@H]1O)[C@@H](O)[C@H](O)CO. The van der Waals surface area contributed by atoms with Gasteiger partial charge in [-0.05, 0) is 0 Å². The summed E-state index contributed by atoms with van der Waals surface area (Å²) in [5.41, 5.74) is 0. The van der Waals surface area contributed by atoms with Crippen molar-refractivity contribution >= 4 is 5.78 Å². The van der Waals surface area contributed by atoms with Crippen LogP contribution >= 0.6 is 0 Å². The summed E-state index contributed by atoms with van der Waals surface area (Å²) >= 11 is 0. The molecule has 0 spiro atoms. The normalized spacial score (nSPS) is 35.6. The minimum atomic E-state index is -1.95. The standard InChI is InChI=1S/C12H22O11/c13-1-4(16)7(18)11(5(17)2-14)23-12-10(21)9(20)8(19)6(3-15)22-12/h4,6-16,18-21H,1-3H2/t4-,6-,7+,8+,9+,10-,11-,12?/m1/s1. The fraction of sp³-hybridized carbons (Fsp3) is 0.917. The van der Waals surface area contributed by atoms with E-state index < -0.39 is 74.6 Å². The highest BCUT2D eigenvalue weighted by Crippen LogP contribution is 2.24. The van der Waals surface area contributed by atoms with Crippen molar-refractivity contribution in [3.05, 3.63) is 0 Å². The molecule has 1 fully saturated rings. The molecule has 8 atom stereocenters. The first kappa shape index (κ1) is 20.3. The lowest BCUT2D eigenvalue weighted by atomic mass is 9.98. The van der Waals surface area contributed by atoms with Gasteiger partial charge < -0.3 is 50.3 Å². The molecule has 136 valence electrons. The summed E-state index contributed by atoms with van der Waals surface area (Å²) in [5, 5.41) is 74.9. The topological polar surface area (TPSA) is 197 Å². The van der Waals surface area contributed by atoms with Gasteiger partial charge in [0.1, 0.15) is 49.3 Å². The number of ketones is 1. The van der Waals surface area contributed by atoms with Crippen molar-refractivity contribution in [2.45, 2.75) is 49.0 Å². The second kappa shape index (κ2) is 8.94. The molecule has 0 aliphatic carbocycles. The Bertz CT molecular complexity index is 376. The number of hydrogen-bond acceptors (Lipinski definition) is 11. The smallest absolute Gasteiger partial charge is 0.189 e. The Morgan fingerprint density at radius 2 is 1.65 bits per heavy atom. The van der Waals surface area contributed by atoms with Gasteiger partial charge in [0.15, 0.2) is 12.1 Å². The minimum absolute atomic E-state index is 0.731. The summed E-state index contributed by atoms with van der Waals surface area (Å²) in [5.74, 6) is -1.08. The first-order valence-corrected chi connectivity index (χ1v) is 6.85. The monoisotopic (exact) mass is 342 g/mol. The van der Waals surface area contributed by atoms with Gasteiger partial charge in [-0.1, -0.05) is 0 Å². The molecule has 0 saturated carbocycles. The molecule has 1 aliphatic rings. The van der Waals surface area contributed by atoms with Crippen LogP contribution in [0.4, 0.5) is 0 Å². The summed E-state index contributed by atoms with van der Waals surface area (Å²) in [6.07, 6.45) is -13.9. The zero-order valence-corrected chi connectivity index (χ0v) is 12.0. The zero-order valence-electron chi connectivity index (χ0n) is 12.0. The highest BCUT2D eigenvalue weighted by molar-refractivity contribution is 5.84. The predicted molar refractivity (Wildman–Crippen MR) is 69.8 cm³/mol. The Hall–Kier alpha value is -0.730. The van der Waals surface area contributed by atoms with Crippen molar-refractivity contribution < 1.29 is 55.1 Å². The van der Waals surface area contributed by atoms with E-state index in [0.29, 0.717) is 0 Å². The molecular weight excluding hydrogens is 320 g/mol. The third kappa shape index (κ3) is 4.64. The molecule has 1 rings (SSSR count). The molecule has 1 aliphatic heterocycles. The van der Waals surface area contributed by atoms with Crippen LogP contribution in [-0.4, -0.2) is 115 Å². The molecule has 0 aromatic heterocycles. The lowest BCUT2D eigenvalue weighted by Gasteiger charge is -2.41. The molecule has 0 radical (unpaired) electrons. The maximum Gasteiger partial charge on any atom is 0.189 e. The van der Waals surface area contributed by atoms with Gasteiger partial charge in [0.2, 0.25) is 0 Å². The number of hydrogen-bond donors (Lipinski definition) is 8. The maximum atomic E-state index is 11.6. The first-order chi connectivity index (χ1) is 10.8. The number of Topliss-reactive ketones (excluding diaryl/α,β-unsaturated/α-hetero) is 1. The quantitative estimate of drug-likeness (QED) is 0.209. The first-order valence-electron chi connectivity index (χ1n) is 6.85. The van der Waals surface area contributed by atoms with Gasteiger partial charge >= 0.3 is 0 Å². The van der Waals surface area contributed by atoms with Crippen molar-refractivity contribution in [3.63, 3.8) is 0 Å². The summed E-state index contributed by atoms with van der Waals surface area (Å²) in [6, 6.07) is 0. The van der Waals surface area contributed by atoms with E-state index in [1.54, 1.807) is 0 Å². The highest BCUT2D eigenvalue weighted by atomic mass is 16.7. The Balaban J connectivity index is 2.91. The van der Waals surface area contributed by atoms with Gasteiger partial charge in [-0.25, -0.2) is 0 Å². The molecule has 0 aromatic rings. The summed E-state index contributed by atoms with van der Waals surface area (Å²) < 4.78 is 10.0. The second-order valence-electron chi connectivity index (χ2n) is 5.12. The largest absolute Gasteiger partial charge is 0.394 e. The third-order valence-corrected chi connectivity index (χ3v) is 3.49. The molecule has 0 bridgehead atoms. The average molecular weight is 342 g/mol. The van der Waals surface area contributed by atoms with Crippen LogP contribution < -0.4 is 0 Å². The van der Waals surface area contributed by atoms with Crippen LogP contribution in [0.2, 0.25) is 0 Å². The van der Waals surface area contributed by atoms with Crippen molar-refractivity contribution in [1.82, 2.24) is 0 Å². The van der Waals surface area contributed by atoms with E-state index in [2.05, 4.69) is 0 Å². The van der Waals surface area contributed by atoms with Gasteiger partial charge in [-0.2, -0.15) is 0 Å². The Labute approximate surface area is 130 Å². The summed E-state index contributed by atoms with van der Waals surface area (Å²) in [6.45, 7) is -2.71. The van der Waals surface area contributed by atoms with Crippen molar-refractivity contribution in [1.29, 1.82) is 0 Å². The number of aliphatic hydroxyl groups is 8. The number of carbonyl (C=O) groups excluding carboxylic acids is 1. The van der Waals surface area contributed by atoms with Crippen LogP contribution in [0.15, 0.2) is 0 Å². The van der Waals surface area contributed by atoms with Crippen LogP contribution in [0.3, 0.4) is 0 Å². The van der Waals surface area contributed by atoms with Crippen molar-refractivity contribution in [2.24, 2.45) is 0 Å². The molecule has 11 nitrogen and oxygen atoms in total. The maximum absolute atomic E-state index is 11.6. The molecule has 1 unspecified atom stereocenters. The van der Waals surface area contributed by atoms with Gasteiger partial charge in [0, 0.05) is 0 Å². The average Bonchev–Trinajstić information content (AvgIpc) is 2.57. The molecule has 0 aromatic carbocycles. The molecule has 1 saturated heterocycles.